The second-order valence-electron chi connectivity index (χ2n) is 8.10. The van der Waals surface area contributed by atoms with E-state index in [1.54, 1.807) is 4.90 Å². The molecule has 0 saturated carbocycles. The zero-order valence-electron chi connectivity index (χ0n) is 18.8. The van der Waals surface area contributed by atoms with E-state index in [1.807, 2.05) is 59.0 Å². The summed E-state index contributed by atoms with van der Waals surface area (Å²) in [5.74, 6) is 0.972. The summed E-state index contributed by atoms with van der Waals surface area (Å²) < 4.78 is 8.18. The first kappa shape index (κ1) is 23.4. The van der Waals surface area contributed by atoms with E-state index >= 15 is 0 Å². The minimum Gasteiger partial charge on any atom is -0.376 e. The van der Waals surface area contributed by atoms with E-state index < -0.39 is 0 Å². The van der Waals surface area contributed by atoms with Crippen molar-refractivity contribution in [3.63, 3.8) is 0 Å². The fourth-order valence-electron chi connectivity index (χ4n) is 4.10. The standard InChI is InChI=1S/C26H25N3O2S3/c1-2-33-22-12-10-18(11-13-22)24-19(16-29(27-24)20-7-4-3-5-8-20)15-23-25(30)28(26(32)34-23)17-21-9-6-14-31-21/h3-5,7-8,10-13,15-16,21H,2,6,9,14,17H2,1H3/b23-15-/t21-/m1/s1. The van der Waals surface area contributed by atoms with Gasteiger partial charge >= 0.3 is 0 Å². The summed E-state index contributed by atoms with van der Waals surface area (Å²) in [6.45, 7) is 3.43. The Hall–Kier alpha value is -2.39. The summed E-state index contributed by atoms with van der Waals surface area (Å²) in [5.41, 5.74) is 3.70. The van der Waals surface area contributed by atoms with Gasteiger partial charge in [-0.15, -0.1) is 11.8 Å². The van der Waals surface area contributed by atoms with Gasteiger partial charge in [0.2, 0.25) is 0 Å². The van der Waals surface area contributed by atoms with Crippen molar-refractivity contribution < 1.29 is 9.53 Å². The number of amides is 1. The molecule has 0 aliphatic carbocycles. The first-order valence-electron chi connectivity index (χ1n) is 11.4. The molecular formula is C26H25N3O2S3. The molecule has 0 N–H and O–H groups in total. The molecule has 3 heterocycles. The van der Waals surface area contributed by atoms with Crippen LogP contribution < -0.4 is 0 Å². The van der Waals surface area contributed by atoms with E-state index in [4.69, 9.17) is 22.1 Å². The molecule has 2 aliphatic heterocycles. The molecule has 8 heteroatoms. The van der Waals surface area contributed by atoms with Crippen LogP contribution >= 0.6 is 35.7 Å². The molecular weight excluding hydrogens is 483 g/mol. The number of hydrogen-bond donors (Lipinski definition) is 0. The topological polar surface area (TPSA) is 47.4 Å². The normalized spacial score (nSPS) is 19.5. The Bertz CT molecular complexity index is 1220. The number of thiocarbonyl (C=S) groups is 1. The molecule has 0 radical (unpaired) electrons. The van der Waals surface area contributed by atoms with Crippen molar-refractivity contribution in [1.29, 1.82) is 0 Å². The molecule has 0 unspecified atom stereocenters. The van der Waals surface area contributed by atoms with Gasteiger partial charge in [0, 0.05) is 28.8 Å². The van der Waals surface area contributed by atoms with Gasteiger partial charge in [0.25, 0.3) is 5.91 Å². The van der Waals surface area contributed by atoms with Gasteiger partial charge in [-0.05, 0) is 48.9 Å². The van der Waals surface area contributed by atoms with Crippen molar-refractivity contribution in [2.45, 2.75) is 30.8 Å². The first-order valence-corrected chi connectivity index (χ1v) is 13.6. The minimum atomic E-state index is -0.0568. The number of thioether (sulfide) groups is 2. The average Bonchev–Trinajstić information content (AvgIpc) is 3.58. The lowest BCUT2D eigenvalue weighted by molar-refractivity contribution is -0.123. The molecule has 2 fully saturated rings. The number of aromatic nitrogens is 2. The lowest BCUT2D eigenvalue weighted by atomic mass is 10.1. The Kier molecular flexibility index (Phi) is 7.20. The zero-order valence-corrected chi connectivity index (χ0v) is 21.3. The van der Waals surface area contributed by atoms with Crippen LogP contribution in [0.5, 0.6) is 0 Å². The van der Waals surface area contributed by atoms with Crippen molar-refractivity contribution in [1.82, 2.24) is 14.7 Å². The van der Waals surface area contributed by atoms with Gasteiger partial charge in [-0.2, -0.15) is 5.10 Å². The van der Waals surface area contributed by atoms with E-state index in [2.05, 4.69) is 31.2 Å². The summed E-state index contributed by atoms with van der Waals surface area (Å²) in [6, 6.07) is 18.4. The summed E-state index contributed by atoms with van der Waals surface area (Å²) in [7, 11) is 0. The largest absolute Gasteiger partial charge is 0.376 e. The fraction of sp³-hybridized carbons (Fsp3) is 0.269. The molecule has 1 amide bonds. The predicted octanol–water partition coefficient (Wildman–Crippen LogP) is 6.03. The number of carbonyl (C=O) groups excluding carboxylic acids is 1. The zero-order chi connectivity index (χ0) is 23.5. The third kappa shape index (κ3) is 5.00. The Morgan fingerprint density at radius 3 is 2.71 bits per heavy atom. The predicted molar refractivity (Wildman–Crippen MR) is 144 cm³/mol. The van der Waals surface area contributed by atoms with Crippen LogP contribution in [-0.2, 0) is 9.53 Å². The summed E-state index contributed by atoms with van der Waals surface area (Å²) in [6.07, 6.45) is 5.97. The first-order chi connectivity index (χ1) is 16.6. The smallest absolute Gasteiger partial charge is 0.266 e. The maximum Gasteiger partial charge on any atom is 0.266 e. The maximum absolute atomic E-state index is 13.2. The molecule has 2 saturated heterocycles. The molecule has 5 nitrogen and oxygen atoms in total. The number of carbonyl (C=O) groups is 1. The Morgan fingerprint density at radius 2 is 2.00 bits per heavy atom. The number of benzene rings is 2. The second-order valence-corrected chi connectivity index (χ2v) is 11.1. The summed E-state index contributed by atoms with van der Waals surface area (Å²) >= 11 is 8.70. The van der Waals surface area contributed by atoms with Gasteiger partial charge in [0.1, 0.15) is 4.32 Å². The highest BCUT2D eigenvalue weighted by atomic mass is 32.2. The van der Waals surface area contributed by atoms with E-state index in [-0.39, 0.29) is 12.0 Å². The molecule has 1 atom stereocenters. The molecule has 3 aromatic rings. The SMILES string of the molecule is CCSc1ccc(-c2nn(-c3ccccc3)cc2/C=C2\SC(=S)N(C[C@H]3CCCO3)C2=O)cc1. The van der Waals surface area contributed by atoms with Crippen molar-refractivity contribution >= 4 is 52.0 Å². The van der Waals surface area contributed by atoms with Crippen LogP contribution in [-0.4, -0.2) is 49.9 Å². The maximum atomic E-state index is 13.2. The van der Waals surface area contributed by atoms with Crippen molar-refractivity contribution in [2.24, 2.45) is 0 Å². The third-order valence-corrected chi connectivity index (χ3v) is 8.04. The third-order valence-electron chi connectivity index (χ3n) is 5.77. The number of ether oxygens (including phenoxy) is 1. The van der Waals surface area contributed by atoms with Crippen LogP contribution in [0.2, 0.25) is 0 Å². The molecule has 174 valence electrons. The van der Waals surface area contributed by atoms with Gasteiger partial charge in [-0.1, -0.05) is 61.2 Å². The van der Waals surface area contributed by atoms with E-state index in [0.29, 0.717) is 15.8 Å². The van der Waals surface area contributed by atoms with E-state index in [9.17, 15) is 4.79 Å². The van der Waals surface area contributed by atoms with E-state index in [0.717, 1.165) is 47.7 Å². The summed E-state index contributed by atoms with van der Waals surface area (Å²) in [4.78, 5) is 16.7. The molecule has 2 aliphatic rings. The quantitative estimate of drug-likeness (QED) is 0.221. The van der Waals surface area contributed by atoms with Crippen LogP contribution in [0.25, 0.3) is 23.0 Å². The fourth-order valence-corrected chi connectivity index (χ4v) is 6.02. The summed E-state index contributed by atoms with van der Waals surface area (Å²) in [5, 5.41) is 4.89. The molecule has 0 spiro atoms. The molecule has 1 aromatic heterocycles. The van der Waals surface area contributed by atoms with Gasteiger partial charge in [0.05, 0.1) is 28.9 Å². The average molecular weight is 508 g/mol. The Balaban J connectivity index is 1.49. The lowest BCUT2D eigenvalue weighted by Gasteiger charge is -2.18. The van der Waals surface area contributed by atoms with Gasteiger partial charge in [-0.3, -0.25) is 9.69 Å². The lowest BCUT2D eigenvalue weighted by Crippen LogP contribution is -2.35. The van der Waals surface area contributed by atoms with Crippen LogP contribution in [0.4, 0.5) is 0 Å². The van der Waals surface area contributed by atoms with Gasteiger partial charge in [0.15, 0.2) is 0 Å². The monoisotopic (exact) mass is 507 g/mol. The Labute approximate surface area is 213 Å². The van der Waals surface area contributed by atoms with Crippen LogP contribution in [0, 0.1) is 0 Å². The van der Waals surface area contributed by atoms with Crippen LogP contribution in [0.3, 0.4) is 0 Å². The number of rotatable bonds is 7. The molecule has 0 bridgehead atoms. The molecule has 2 aromatic carbocycles. The van der Waals surface area contributed by atoms with E-state index in [1.165, 1.54) is 16.7 Å². The second kappa shape index (κ2) is 10.5. The molecule has 34 heavy (non-hydrogen) atoms. The van der Waals surface area contributed by atoms with Gasteiger partial charge in [-0.25, -0.2) is 4.68 Å². The highest BCUT2D eigenvalue weighted by molar-refractivity contribution is 8.26. The minimum absolute atomic E-state index is 0.0568. The Morgan fingerprint density at radius 1 is 1.21 bits per heavy atom. The van der Waals surface area contributed by atoms with Crippen molar-refractivity contribution in [3.05, 3.63) is 71.3 Å². The molecule has 5 rings (SSSR count). The highest BCUT2D eigenvalue weighted by Crippen LogP contribution is 2.36. The van der Waals surface area contributed by atoms with Gasteiger partial charge < -0.3 is 4.74 Å². The van der Waals surface area contributed by atoms with Crippen molar-refractivity contribution in [2.75, 3.05) is 18.9 Å². The number of hydrogen-bond acceptors (Lipinski definition) is 6. The van der Waals surface area contributed by atoms with Crippen LogP contribution in [0.1, 0.15) is 25.3 Å². The highest BCUT2D eigenvalue weighted by Gasteiger charge is 2.35. The van der Waals surface area contributed by atoms with Crippen molar-refractivity contribution in [3.8, 4) is 16.9 Å². The number of para-hydroxylation sites is 1. The number of nitrogens with zero attached hydrogens (tertiary/aromatic N) is 3. The van der Waals surface area contributed by atoms with Crippen LogP contribution in [0.15, 0.2) is 70.6 Å².